The number of piperidine rings is 1. The molecule has 1 aliphatic rings. The predicted octanol–water partition coefficient (Wildman–Crippen LogP) is 2.13. The molecule has 0 unspecified atom stereocenters. The van der Waals surface area contributed by atoms with Gasteiger partial charge in [-0.15, -0.1) is 0 Å². The Bertz CT molecular complexity index is 716. The Morgan fingerprint density at radius 3 is 2.70 bits per heavy atom. The van der Waals surface area contributed by atoms with Crippen molar-refractivity contribution in [2.75, 3.05) is 32.4 Å². The number of hydrogen-bond donors (Lipinski definition) is 2. The van der Waals surface area contributed by atoms with E-state index in [1.165, 1.54) is 6.07 Å². The van der Waals surface area contributed by atoms with Crippen molar-refractivity contribution in [1.29, 1.82) is 0 Å². The second-order valence-electron chi connectivity index (χ2n) is 6.87. The molecule has 1 heterocycles. The molecule has 0 atom stereocenters. The zero-order valence-electron chi connectivity index (χ0n) is 16.2. The number of guanidine groups is 1. The highest BCUT2D eigenvalue weighted by atomic mass is 32.2. The average Bonchev–Trinajstić information content (AvgIpc) is 2.64. The van der Waals surface area contributed by atoms with E-state index < -0.39 is 10.0 Å². The number of benzene rings is 1. The minimum Gasteiger partial charge on any atom is -0.356 e. The summed E-state index contributed by atoms with van der Waals surface area (Å²) in [5.41, 5.74) is 0.986. The molecule has 27 heavy (non-hydrogen) atoms. The number of rotatable bonds is 8. The largest absolute Gasteiger partial charge is 0.356 e. The maximum atomic E-state index is 13.2. The molecular weight excluding hydrogens is 367 g/mol. The first-order chi connectivity index (χ1) is 12.9. The third kappa shape index (κ3) is 7.10. The minimum absolute atomic E-state index is 0.203. The van der Waals surface area contributed by atoms with E-state index >= 15 is 0 Å². The van der Waals surface area contributed by atoms with E-state index in [1.807, 2.05) is 13.0 Å². The first kappa shape index (κ1) is 21.6. The lowest BCUT2D eigenvalue weighted by Gasteiger charge is -2.32. The van der Waals surface area contributed by atoms with Crippen LogP contribution < -0.4 is 10.6 Å². The monoisotopic (exact) mass is 398 g/mol. The summed E-state index contributed by atoms with van der Waals surface area (Å²) in [5, 5.41) is 6.65. The molecule has 2 rings (SSSR count). The van der Waals surface area contributed by atoms with E-state index in [0.29, 0.717) is 19.5 Å². The van der Waals surface area contributed by atoms with Crippen LogP contribution in [0.4, 0.5) is 4.39 Å². The van der Waals surface area contributed by atoms with Crippen molar-refractivity contribution < 1.29 is 12.8 Å². The molecule has 0 amide bonds. The van der Waals surface area contributed by atoms with Crippen molar-refractivity contribution in [3.8, 4) is 0 Å². The smallest absolute Gasteiger partial charge is 0.214 e. The zero-order chi connectivity index (χ0) is 19.7. The van der Waals surface area contributed by atoms with Crippen LogP contribution >= 0.6 is 0 Å². The molecule has 0 aromatic heterocycles. The van der Waals surface area contributed by atoms with Gasteiger partial charge in [-0.3, -0.25) is 4.99 Å². The van der Waals surface area contributed by atoms with Crippen molar-refractivity contribution in [3.63, 3.8) is 0 Å². The molecule has 2 N–H and O–H groups in total. The summed E-state index contributed by atoms with van der Waals surface area (Å²) in [5.74, 6) is 0.744. The van der Waals surface area contributed by atoms with Crippen LogP contribution in [0.5, 0.6) is 0 Å². The van der Waals surface area contributed by atoms with Crippen molar-refractivity contribution in [2.45, 2.75) is 45.1 Å². The highest BCUT2D eigenvalue weighted by Crippen LogP contribution is 2.15. The molecule has 1 saturated heterocycles. The summed E-state index contributed by atoms with van der Waals surface area (Å²) >= 11 is 0. The van der Waals surface area contributed by atoms with Crippen LogP contribution in [0, 0.1) is 5.82 Å². The van der Waals surface area contributed by atoms with E-state index in [4.69, 9.17) is 0 Å². The van der Waals surface area contributed by atoms with Gasteiger partial charge in [0.05, 0.1) is 5.75 Å². The second-order valence-corrected chi connectivity index (χ2v) is 8.95. The van der Waals surface area contributed by atoms with Gasteiger partial charge in [-0.2, -0.15) is 0 Å². The summed E-state index contributed by atoms with van der Waals surface area (Å²) < 4.78 is 39.0. The summed E-state index contributed by atoms with van der Waals surface area (Å²) in [6.45, 7) is 3.73. The van der Waals surface area contributed by atoms with E-state index in [0.717, 1.165) is 43.8 Å². The molecule has 1 fully saturated rings. The third-order valence-electron chi connectivity index (χ3n) is 4.70. The van der Waals surface area contributed by atoms with Gasteiger partial charge in [0, 0.05) is 32.7 Å². The predicted molar refractivity (Wildman–Crippen MR) is 108 cm³/mol. The van der Waals surface area contributed by atoms with Crippen molar-refractivity contribution in [2.24, 2.45) is 4.99 Å². The molecular formula is C19H31FN4O2S. The lowest BCUT2D eigenvalue weighted by molar-refractivity contribution is 0.306. The summed E-state index contributed by atoms with van der Waals surface area (Å²) in [6, 6.07) is 6.88. The Morgan fingerprint density at radius 2 is 2.07 bits per heavy atom. The van der Waals surface area contributed by atoms with Crippen molar-refractivity contribution in [3.05, 3.63) is 35.6 Å². The van der Waals surface area contributed by atoms with Crippen LogP contribution in [0.1, 0.15) is 38.2 Å². The van der Waals surface area contributed by atoms with Gasteiger partial charge in [-0.25, -0.2) is 17.1 Å². The summed E-state index contributed by atoms with van der Waals surface area (Å²) in [4.78, 5) is 4.24. The molecule has 0 spiro atoms. The Balaban J connectivity index is 1.70. The highest BCUT2D eigenvalue weighted by molar-refractivity contribution is 7.89. The lowest BCUT2D eigenvalue weighted by Crippen LogP contribution is -2.50. The average molecular weight is 399 g/mol. The van der Waals surface area contributed by atoms with Gasteiger partial charge in [0.2, 0.25) is 10.0 Å². The minimum atomic E-state index is -3.10. The van der Waals surface area contributed by atoms with Crippen LogP contribution in [0.15, 0.2) is 29.3 Å². The third-order valence-corrected chi connectivity index (χ3v) is 6.77. The fourth-order valence-electron chi connectivity index (χ4n) is 3.25. The topological polar surface area (TPSA) is 73.8 Å². The van der Waals surface area contributed by atoms with Crippen LogP contribution in [0.3, 0.4) is 0 Å². The zero-order valence-corrected chi connectivity index (χ0v) is 17.1. The summed E-state index contributed by atoms with van der Waals surface area (Å²) in [7, 11) is -1.38. The number of sulfonamides is 1. The SMILES string of the molecule is CCCS(=O)(=O)N1CCC(NC(=NC)NCCCc2cccc(F)c2)CC1. The van der Waals surface area contributed by atoms with E-state index in [1.54, 1.807) is 23.5 Å². The molecule has 1 aromatic carbocycles. The molecule has 8 heteroatoms. The normalized spacial score (nSPS) is 17.1. The number of nitrogens with zero attached hydrogens (tertiary/aromatic N) is 2. The van der Waals surface area contributed by atoms with Gasteiger partial charge in [-0.1, -0.05) is 19.1 Å². The molecule has 0 aliphatic carbocycles. The van der Waals surface area contributed by atoms with Crippen LogP contribution in [0.2, 0.25) is 0 Å². The number of hydrogen-bond acceptors (Lipinski definition) is 3. The second kappa shape index (κ2) is 10.6. The molecule has 1 aromatic rings. The number of halogens is 1. The Labute approximate surface area is 162 Å². The Kier molecular flexibility index (Phi) is 8.50. The molecule has 0 saturated carbocycles. The number of aryl methyl sites for hydroxylation is 1. The van der Waals surface area contributed by atoms with Crippen LogP contribution in [-0.2, 0) is 16.4 Å². The maximum absolute atomic E-state index is 13.2. The molecule has 152 valence electrons. The van der Waals surface area contributed by atoms with Gasteiger partial charge >= 0.3 is 0 Å². The lowest BCUT2D eigenvalue weighted by atomic mass is 10.1. The Hall–Kier alpha value is -1.67. The highest BCUT2D eigenvalue weighted by Gasteiger charge is 2.27. The number of nitrogens with one attached hydrogen (secondary N) is 2. The molecule has 0 bridgehead atoms. The fourth-order valence-corrected chi connectivity index (χ4v) is 4.79. The van der Waals surface area contributed by atoms with E-state index in [9.17, 15) is 12.8 Å². The van der Waals surface area contributed by atoms with Crippen LogP contribution in [0.25, 0.3) is 0 Å². The van der Waals surface area contributed by atoms with E-state index in [-0.39, 0.29) is 17.6 Å². The number of aliphatic imine (C=N–C) groups is 1. The molecule has 1 aliphatic heterocycles. The van der Waals surface area contributed by atoms with Gasteiger partial charge < -0.3 is 10.6 Å². The quantitative estimate of drug-likeness (QED) is 0.400. The standard InChI is InChI=1S/C19H31FN4O2S/c1-3-14-27(25,26)24-12-9-18(10-13-24)23-19(21-2)22-11-5-7-16-6-4-8-17(20)15-16/h4,6,8,15,18H,3,5,7,9-14H2,1-2H3,(H2,21,22,23). The summed E-state index contributed by atoms with van der Waals surface area (Å²) in [6.07, 6.45) is 3.86. The van der Waals surface area contributed by atoms with Crippen molar-refractivity contribution >= 4 is 16.0 Å². The molecule has 0 radical (unpaired) electrons. The fraction of sp³-hybridized carbons (Fsp3) is 0.632. The molecule has 6 nitrogen and oxygen atoms in total. The first-order valence-electron chi connectivity index (χ1n) is 9.64. The Morgan fingerprint density at radius 1 is 1.33 bits per heavy atom. The maximum Gasteiger partial charge on any atom is 0.214 e. The van der Waals surface area contributed by atoms with Crippen molar-refractivity contribution in [1.82, 2.24) is 14.9 Å². The van der Waals surface area contributed by atoms with E-state index in [2.05, 4.69) is 15.6 Å². The first-order valence-corrected chi connectivity index (χ1v) is 11.2. The van der Waals surface area contributed by atoms with Gasteiger partial charge in [0.25, 0.3) is 0 Å². The van der Waals surface area contributed by atoms with Gasteiger partial charge in [-0.05, 0) is 49.8 Å². The van der Waals surface area contributed by atoms with Gasteiger partial charge in [0.15, 0.2) is 5.96 Å². The van der Waals surface area contributed by atoms with Gasteiger partial charge in [0.1, 0.15) is 5.82 Å². The van der Waals surface area contributed by atoms with Crippen LogP contribution in [-0.4, -0.2) is 57.2 Å².